The molecule has 6 heteroatoms. The van der Waals surface area contributed by atoms with Crippen LogP contribution in [-0.2, 0) is 18.3 Å². The van der Waals surface area contributed by atoms with Gasteiger partial charge < -0.3 is 5.32 Å². The SMILES string of the molecule is Cc1nn(C)c(CC(=O)C2CSCCN2)c1Cl. The molecule has 0 radical (unpaired) electrons. The molecule has 2 heterocycles. The van der Waals surface area contributed by atoms with Gasteiger partial charge in [-0.3, -0.25) is 9.48 Å². The van der Waals surface area contributed by atoms with Crippen LogP contribution in [0.25, 0.3) is 0 Å². The lowest BCUT2D eigenvalue weighted by atomic mass is 10.1. The third-order valence-electron chi connectivity index (χ3n) is 2.91. The quantitative estimate of drug-likeness (QED) is 0.899. The average molecular weight is 274 g/mol. The predicted molar refractivity (Wildman–Crippen MR) is 70.8 cm³/mol. The van der Waals surface area contributed by atoms with Crippen molar-refractivity contribution in [3.05, 3.63) is 16.4 Å². The van der Waals surface area contributed by atoms with Crippen molar-refractivity contribution in [3.63, 3.8) is 0 Å². The Morgan fingerprint density at radius 3 is 3.00 bits per heavy atom. The number of nitrogens with one attached hydrogen (secondary N) is 1. The van der Waals surface area contributed by atoms with Crippen LogP contribution in [0, 0.1) is 6.92 Å². The Labute approximate surface area is 110 Å². The van der Waals surface area contributed by atoms with E-state index in [2.05, 4.69) is 10.4 Å². The fraction of sp³-hybridized carbons (Fsp3) is 0.636. The number of thioether (sulfide) groups is 1. The lowest BCUT2D eigenvalue weighted by molar-refractivity contribution is -0.120. The number of carbonyl (C=O) groups excluding carboxylic acids is 1. The van der Waals surface area contributed by atoms with Crippen molar-refractivity contribution in [2.45, 2.75) is 19.4 Å². The van der Waals surface area contributed by atoms with Gasteiger partial charge in [0.25, 0.3) is 0 Å². The molecule has 1 saturated heterocycles. The Morgan fingerprint density at radius 2 is 2.47 bits per heavy atom. The second kappa shape index (κ2) is 5.42. The van der Waals surface area contributed by atoms with E-state index in [-0.39, 0.29) is 11.8 Å². The number of Topliss-reactive ketones (excluding diaryl/α,β-unsaturated/α-hetero) is 1. The largest absolute Gasteiger partial charge is 0.306 e. The van der Waals surface area contributed by atoms with Crippen molar-refractivity contribution in [2.75, 3.05) is 18.1 Å². The third kappa shape index (κ3) is 2.84. The second-order valence-corrected chi connectivity index (χ2v) is 5.72. The molecule has 2 rings (SSSR count). The van der Waals surface area contributed by atoms with E-state index in [0.717, 1.165) is 29.4 Å². The van der Waals surface area contributed by atoms with Crippen molar-refractivity contribution in [3.8, 4) is 0 Å². The predicted octanol–water partition coefficient (Wildman–Crippen LogP) is 1.20. The first-order valence-corrected chi connectivity index (χ1v) is 7.14. The zero-order valence-corrected chi connectivity index (χ0v) is 11.6. The summed E-state index contributed by atoms with van der Waals surface area (Å²) < 4.78 is 1.70. The average Bonchev–Trinajstić information content (AvgIpc) is 2.57. The van der Waals surface area contributed by atoms with Gasteiger partial charge >= 0.3 is 0 Å². The summed E-state index contributed by atoms with van der Waals surface area (Å²) in [5.41, 5.74) is 1.59. The summed E-state index contributed by atoms with van der Waals surface area (Å²) in [6.07, 6.45) is 0.356. The van der Waals surface area contributed by atoms with Gasteiger partial charge in [-0.1, -0.05) is 11.6 Å². The Bertz CT molecular complexity index is 427. The van der Waals surface area contributed by atoms with Gasteiger partial charge in [0.1, 0.15) is 0 Å². The molecule has 0 bridgehead atoms. The summed E-state index contributed by atoms with van der Waals surface area (Å²) in [6.45, 7) is 2.75. The summed E-state index contributed by atoms with van der Waals surface area (Å²) in [4.78, 5) is 12.1. The van der Waals surface area contributed by atoms with Crippen LogP contribution in [0.15, 0.2) is 0 Å². The van der Waals surface area contributed by atoms with Crippen LogP contribution >= 0.6 is 23.4 Å². The van der Waals surface area contributed by atoms with Gasteiger partial charge in [0.2, 0.25) is 0 Å². The number of carbonyl (C=O) groups is 1. The highest BCUT2D eigenvalue weighted by atomic mass is 35.5. The molecular formula is C11H16ClN3OS. The summed E-state index contributed by atoms with van der Waals surface area (Å²) in [6, 6.07) is -0.0416. The molecule has 1 aromatic heterocycles. The first-order chi connectivity index (χ1) is 8.09. The van der Waals surface area contributed by atoms with Crippen LogP contribution in [0.3, 0.4) is 0 Å². The lowest BCUT2D eigenvalue weighted by Crippen LogP contribution is -2.44. The van der Waals surface area contributed by atoms with Crippen molar-refractivity contribution < 1.29 is 4.79 Å². The van der Waals surface area contributed by atoms with Gasteiger partial charge in [-0.05, 0) is 6.92 Å². The molecule has 0 saturated carbocycles. The third-order valence-corrected chi connectivity index (χ3v) is 4.47. The highest BCUT2D eigenvalue weighted by Crippen LogP contribution is 2.21. The van der Waals surface area contributed by atoms with Gasteiger partial charge in [-0.2, -0.15) is 16.9 Å². The van der Waals surface area contributed by atoms with E-state index in [4.69, 9.17) is 11.6 Å². The molecule has 0 aliphatic carbocycles. The van der Waals surface area contributed by atoms with Gasteiger partial charge in [-0.25, -0.2) is 0 Å². The van der Waals surface area contributed by atoms with E-state index in [1.807, 2.05) is 25.7 Å². The first kappa shape index (κ1) is 12.9. The van der Waals surface area contributed by atoms with Crippen LogP contribution in [0.1, 0.15) is 11.4 Å². The number of nitrogens with zero attached hydrogens (tertiary/aromatic N) is 2. The van der Waals surface area contributed by atoms with Gasteiger partial charge in [0.15, 0.2) is 5.78 Å². The van der Waals surface area contributed by atoms with Crippen LogP contribution < -0.4 is 5.32 Å². The Morgan fingerprint density at radius 1 is 1.71 bits per heavy atom. The minimum Gasteiger partial charge on any atom is -0.306 e. The Balaban J connectivity index is 2.07. The van der Waals surface area contributed by atoms with Crippen molar-refractivity contribution in [2.24, 2.45) is 7.05 Å². The number of hydrogen-bond donors (Lipinski definition) is 1. The molecule has 0 amide bonds. The Hall–Kier alpha value is -0.520. The van der Waals surface area contributed by atoms with Gasteiger partial charge in [0, 0.05) is 25.1 Å². The molecule has 1 aliphatic heterocycles. The molecule has 17 heavy (non-hydrogen) atoms. The molecule has 1 fully saturated rings. The van der Waals surface area contributed by atoms with E-state index < -0.39 is 0 Å². The number of halogens is 1. The standard InChI is InChI=1S/C11H16ClN3OS/c1-7-11(12)9(15(2)14-7)5-10(16)8-6-17-4-3-13-8/h8,13H,3-6H2,1-2H3. The fourth-order valence-corrected chi connectivity index (χ4v) is 3.13. The van der Waals surface area contributed by atoms with Crippen molar-refractivity contribution in [1.29, 1.82) is 0 Å². The molecule has 0 spiro atoms. The number of aryl methyl sites for hydroxylation is 2. The van der Waals surface area contributed by atoms with E-state index in [0.29, 0.717) is 11.4 Å². The van der Waals surface area contributed by atoms with Crippen LogP contribution in [0.4, 0.5) is 0 Å². The van der Waals surface area contributed by atoms with E-state index >= 15 is 0 Å². The fourth-order valence-electron chi connectivity index (χ4n) is 1.93. The molecule has 1 aliphatic rings. The smallest absolute Gasteiger partial charge is 0.156 e. The summed E-state index contributed by atoms with van der Waals surface area (Å²) in [5.74, 6) is 2.13. The summed E-state index contributed by atoms with van der Waals surface area (Å²) in [5, 5.41) is 8.07. The molecule has 1 N–H and O–H groups in total. The van der Waals surface area contributed by atoms with Crippen LogP contribution in [0.5, 0.6) is 0 Å². The maximum absolute atomic E-state index is 12.1. The van der Waals surface area contributed by atoms with Gasteiger partial charge in [-0.15, -0.1) is 0 Å². The van der Waals surface area contributed by atoms with Crippen molar-refractivity contribution >= 4 is 29.1 Å². The van der Waals surface area contributed by atoms with E-state index in [1.54, 1.807) is 4.68 Å². The second-order valence-electron chi connectivity index (χ2n) is 4.19. The molecule has 1 unspecified atom stereocenters. The molecule has 1 aromatic rings. The highest BCUT2D eigenvalue weighted by molar-refractivity contribution is 7.99. The minimum absolute atomic E-state index is 0.0416. The van der Waals surface area contributed by atoms with Crippen LogP contribution in [-0.4, -0.2) is 39.7 Å². The number of rotatable bonds is 3. The van der Waals surface area contributed by atoms with E-state index in [1.165, 1.54) is 0 Å². The van der Waals surface area contributed by atoms with Crippen LogP contribution in [0.2, 0.25) is 5.02 Å². The topological polar surface area (TPSA) is 46.9 Å². The zero-order chi connectivity index (χ0) is 12.4. The number of ketones is 1. The maximum Gasteiger partial charge on any atom is 0.156 e. The maximum atomic E-state index is 12.1. The number of aromatic nitrogens is 2. The minimum atomic E-state index is -0.0416. The highest BCUT2D eigenvalue weighted by Gasteiger charge is 2.23. The molecule has 4 nitrogen and oxygen atoms in total. The molecule has 1 atom stereocenters. The zero-order valence-electron chi connectivity index (χ0n) is 9.99. The Kier molecular flexibility index (Phi) is 4.12. The molecule has 94 valence electrons. The number of hydrogen-bond acceptors (Lipinski definition) is 4. The summed E-state index contributed by atoms with van der Waals surface area (Å²) in [7, 11) is 1.82. The molecule has 0 aromatic carbocycles. The van der Waals surface area contributed by atoms with Crippen molar-refractivity contribution in [1.82, 2.24) is 15.1 Å². The normalized spacial score (nSPS) is 20.5. The van der Waals surface area contributed by atoms with Gasteiger partial charge in [0.05, 0.1) is 28.9 Å². The lowest BCUT2D eigenvalue weighted by Gasteiger charge is -2.21. The first-order valence-electron chi connectivity index (χ1n) is 5.61. The summed E-state index contributed by atoms with van der Waals surface area (Å²) >= 11 is 7.95. The molecular weight excluding hydrogens is 258 g/mol. The van der Waals surface area contributed by atoms with E-state index in [9.17, 15) is 4.79 Å². The monoisotopic (exact) mass is 273 g/mol.